The first kappa shape index (κ1) is 9.25. The third kappa shape index (κ3) is 1.41. The van der Waals surface area contributed by atoms with Crippen molar-refractivity contribution >= 4 is 11.0 Å². The Labute approximate surface area is 84.6 Å². The van der Waals surface area contributed by atoms with Gasteiger partial charge in [0.1, 0.15) is 0 Å². The molecule has 0 aliphatic rings. The number of aromatic amines is 1. The van der Waals surface area contributed by atoms with E-state index >= 15 is 0 Å². The first-order valence-corrected chi connectivity index (χ1v) is 5.36. The number of hydrogen-bond acceptors (Lipinski definition) is 0. The zero-order chi connectivity index (χ0) is 9.97. The molecule has 0 aliphatic heterocycles. The summed E-state index contributed by atoms with van der Waals surface area (Å²) in [5.41, 5.74) is 2.57. The predicted octanol–water partition coefficient (Wildman–Crippen LogP) is 2.43. The Kier molecular flexibility index (Phi) is 2.53. The molecule has 2 rings (SSSR count). The first-order valence-electron chi connectivity index (χ1n) is 5.36. The van der Waals surface area contributed by atoms with Crippen molar-refractivity contribution in [3.63, 3.8) is 0 Å². The molecule has 0 amide bonds. The van der Waals surface area contributed by atoms with Crippen molar-refractivity contribution in [2.45, 2.75) is 33.2 Å². The highest BCUT2D eigenvalue weighted by molar-refractivity contribution is 5.70. The lowest BCUT2D eigenvalue weighted by molar-refractivity contribution is -0.675. The number of rotatable bonds is 3. The number of benzene rings is 1. The van der Waals surface area contributed by atoms with Gasteiger partial charge in [-0.1, -0.05) is 19.1 Å². The summed E-state index contributed by atoms with van der Waals surface area (Å²) in [6.07, 6.45) is 2.31. The maximum absolute atomic E-state index is 3.48. The van der Waals surface area contributed by atoms with E-state index in [4.69, 9.17) is 0 Å². The second-order valence-electron chi connectivity index (χ2n) is 3.58. The SMILES string of the molecule is CCCc1[nH]c2ccccc2[n+]1CC. The molecule has 0 fully saturated rings. The number of nitrogens with zero attached hydrogens (tertiary/aromatic N) is 1. The molecule has 0 spiro atoms. The number of imidazole rings is 1. The number of para-hydroxylation sites is 2. The zero-order valence-electron chi connectivity index (χ0n) is 8.88. The third-order valence-electron chi connectivity index (χ3n) is 2.60. The van der Waals surface area contributed by atoms with Gasteiger partial charge in [-0.15, -0.1) is 0 Å². The summed E-state index contributed by atoms with van der Waals surface area (Å²) < 4.78 is 2.36. The molecule has 0 radical (unpaired) electrons. The van der Waals surface area contributed by atoms with Crippen LogP contribution in [0.2, 0.25) is 0 Å². The highest BCUT2D eigenvalue weighted by atomic mass is 15.1. The Balaban J connectivity index is 2.60. The molecule has 2 nitrogen and oxygen atoms in total. The largest absolute Gasteiger partial charge is 0.255 e. The molecule has 2 aromatic rings. The minimum absolute atomic E-state index is 1.04. The van der Waals surface area contributed by atoms with E-state index in [9.17, 15) is 0 Å². The molecule has 0 atom stereocenters. The molecule has 74 valence electrons. The van der Waals surface area contributed by atoms with E-state index in [1.165, 1.54) is 23.3 Å². The summed E-state index contributed by atoms with van der Waals surface area (Å²) in [5.74, 6) is 1.34. The van der Waals surface area contributed by atoms with Crippen LogP contribution >= 0.6 is 0 Å². The van der Waals surface area contributed by atoms with E-state index in [1.54, 1.807) is 0 Å². The lowest BCUT2D eigenvalue weighted by Gasteiger charge is -1.95. The van der Waals surface area contributed by atoms with Crippen LogP contribution in [0, 0.1) is 0 Å². The third-order valence-corrected chi connectivity index (χ3v) is 2.60. The number of fused-ring (bicyclic) bond motifs is 1. The van der Waals surface area contributed by atoms with Crippen LogP contribution in [0.15, 0.2) is 24.3 Å². The maximum atomic E-state index is 3.48. The molecule has 2 heteroatoms. The fraction of sp³-hybridized carbons (Fsp3) is 0.417. The Morgan fingerprint density at radius 3 is 2.71 bits per heavy atom. The monoisotopic (exact) mass is 189 g/mol. The molecular formula is C12H17N2+. The summed E-state index contributed by atoms with van der Waals surface area (Å²) in [7, 11) is 0. The average molecular weight is 189 g/mol. The smallest absolute Gasteiger partial charge is 0.241 e. The van der Waals surface area contributed by atoms with E-state index in [2.05, 4.69) is 47.7 Å². The molecule has 1 heterocycles. The average Bonchev–Trinajstić information content (AvgIpc) is 2.55. The maximum Gasteiger partial charge on any atom is 0.255 e. The Bertz CT molecular complexity index is 429. The van der Waals surface area contributed by atoms with Gasteiger partial charge in [0.25, 0.3) is 5.82 Å². The number of aromatic nitrogens is 2. The molecule has 0 unspecified atom stereocenters. The Morgan fingerprint density at radius 1 is 1.21 bits per heavy atom. The van der Waals surface area contributed by atoms with Crippen LogP contribution in [-0.2, 0) is 13.0 Å². The van der Waals surface area contributed by atoms with Crippen molar-refractivity contribution in [3.8, 4) is 0 Å². The van der Waals surface area contributed by atoms with Gasteiger partial charge in [-0.2, -0.15) is 0 Å². The molecule has 1 N–H and O–H groups in total. The van der Waals surface area contributed by atoms with Gasteiger partial charge in [-0.25, -0.2) is 9.55 Å². The Hall–Kier alpha value is -1.31. The highest BCUT2D eigenvalue weighted by Gasteiger charge is 2.14. The van der Waals surface area contributed by atoms with E-state index in [0.717, 1.165) is 13.0 Å². The molecular weight excluding hydrogens is 172 g/mol. The Morgan fingerprint density at radius 2 is 2.00 bits per heavy atom. The second kappa shape index (κ2) is 3.82. The topological polar surface area (TPSA) is 19.7 Å². The minimum Gasteiger partial charge on any atom is -0.241 e. The highest BCUT2D eigenvalue weighted by Crippen LogP contribution is 2.09. The van der Waals surface area contributed by atoms with Gasteiger partial charge < -0.3 is 0 Å². The van der Waals surface area contributed by atoms with Crippen LogP contribution in [0.3, 0.4) is 0 Å². The second-order valence-corrected chi connectivity index (χ2v) is 3.58. The van der Waals surface area contributed by atoms with Gasteiger partial charge in [-0.3, -0.25) is 0 Å². The van der Waals surface area contributed by atoms with Crippen LogP contribution in [0.25, 0.3) is 11.0 Å². The van der Waals surface area contributed by atoms with Crippen molar-refractivity contribution in [2.24, 2.45) is 0 Å². The fourth-order valence-corrected chi connectivity index (χ4v) is 1.98. The minimum atomic E-state index is 1.04. The molecule has 0 saturated heterocycles. The van der Waals surface area contributed by atoms with Gasteiger partial charge in [0.2, 0.25) is 0 Å². The van der Waals surface area contributed by atoms with Crippen LogP contribution < -0.4 is 4.57 Å². The molecule has 0 aliphatic carbocycles. The van der Waals surface area contributed by atoms with E-state index in [0.29, 0.717) is 0 Å². The fourth-order valence-electron chi connectivity index (χ4n) is 1.98. The van der Waals surface area contributed by atoms with Crippen molar-refractivity contribution in [1.29, 1.82) is 0 Å². The normalized spacial score (nSPS) is 11.0. The summed E-state index contributed by atoms with van der Waals surface area (Å²) in [6, 6.07) is 8.49. The number of hydrogen-bond donors (Lipinski definition) is 1. The van der Waals surface area contributed by atoms with Crippen molar-refractivity contribution in [1.82, 2.24) is 4.98 Å². The van der Waals surface area contributed by atoms with Gasteiger partial charge in [0.05, 0.1) is 6.54 Å². The molecule has 0 bridgehead atoms. The van der Waals surface area contributed by atoms with Crippen LogP contribution in [0.1, 0.15) is 26.1 Å². The summed E-state index contributed by atoms with van der Waals surface area (Å²) in [5, 5.41) is 0. The van der Waals surface area contributed by atoms with E-state index in [1.807, 2.05) is 0 Å². The molecule has 1 aromatic heterocycles. The standard InChI is InChI=1S/C12H16N2/c1-3-7-12-13-10-8-5-6-9-11(10)14(12)4-2/h5-6,8-9H,3-4,7H2,1-2H3/p+1. The van der Waals surface area contributed by atoms with Crippen LogP contribution in [0.4, 0.5) is 0 Å². The summed E-state index contributed by atoms with van der Waals surface area (Å²) >= 11 is 0. The lowest BCUT2D eigenvalue weighted by Crippen LogP contribution is -2.35. The number of nitrogens with one attached hydrogen (secondary N) is 1. The quantitative estimate of drug-likeness (QED) is 0.715. The predicted molar refractivity (Wildman–Crippen MR) is 58.2 cm³/mol. The molecule has 0 saturated carbocycles. The first-order chi connectivity index (χ1) is 6.86. The van der Waals surface area contributed by atoms with Crippen LogP contribution in [-0.4, -0.2) is 4.98 Å². The summed E-state index contributed by atoms with van der Waals surface area (Å²) in [4.78, 5) is 3.48. The van der Waals surface area contributed by atoms with E-state index in [-0.39, 0.29) is 0 Å². The molecule has 14 heavy (non-hydrogen) atoms. The van der Waals surface area contributed by atoms with Gasteiger partial charge in [0, 0.05) is 6.42 Å². The van der Waals surface area contributed by atoms with E-state index < -0.39 is 0 Å². The van der Waals surface area contributed by atoms with Crippen LogP contribution in [0.5, 0.6) is 0 Å². The van der Waals surface area contributed by atoms with Gasteiger partial charge >= 0.3 is 0 Å². The number of H-pyrrole nitrogens is 1. The molecule has 1 aromatic carbocycles. The number of aryl methyl sites for hydroxylation is 2. The zero-order valence-corrected chi connectivity index (χ0v) is 8.88. The van der Waals surface area contributed by atoms with Crippen molar-refractivity contribution in [2.75, 3.05) is 0 Å². The van der Waals surface area contributed by atoms with Gasteiger partial charge in [0.15, 0.2) is 11.0 Å². The van der Waals surface area contributed by atoms with Gasteiger partial charge in [-0.05, 0) is 25.5 Å². The van der Waals surface area contributed by atoms with Crippen molar-refractivity contribution < 1.29 is 4.57 Å². The lowest BCUT2D eigenvalue weighted by atomic mass is 10.3. The summed E-state index contributed by atoms with van der Waals surface area (Å²) in [6.45, 7) is 5.45. The van der Waals surface area contributed by atoms with Crippen molar-refractivity contribution in [3.05, 3.63) is 30.1 Å².